The van der Waals surface area contributed by atoms with Crippen LogP contribution in [0, 0.1) is 5.92 Å². The molecule has 1 saturated heterocycles. The van der Waals surface area contributed by atoms with Gasteiger partial charge in [0.25, 0.3) is 0 Å². The van der Waals surface area contributed by atoms with Crippen LogP contribution in [0.4, 0.5) is 0 Å². The summed E-state index contributed by atoms with van der Waals surface area (Å²) in [4.78, 5) is 0. The van der Waals surface area contributed by atoms with Crippen molar-refractivity contribution in [3.05, 3.63) is 0 Å². The maximum Gasteiger partial charge on any atom is 0.0469 e. The second-order valence-electron chi connectivity index (χ2n) is 5.13. The van der Waals surface area contributed by atoms with Gasteiger partial charge in [-0.3, -0.25) is 0 Å². The van der Waals surface area contributed by atoms with Gasteiger partial charge in [-0.2, -0.15) is 11.8 Å². The predicted octanol–water partition coefficient (Wildman–Crippen LogP) is 2.68. The lowest BCUT2D eigenvalue weighted by Gasteiger charge is -2.33. The molecule has 2 unspecified atom stereocenters. The molecular formula is C13H25NOS. The van der Waals surface area contributed by atoms with Crippen molar-refractivity contribution in [1.29, 1.82) is 0 Å². The van der Waals surface area contributed by atoms with Crippen LogP contribution in [0.3, 0.4) is 0 Å². The van der Waals surface area contributed by atoms with Crippen molar-refractivity contribution in [1.82, 2.24) is 5.32 Å². The number of nitrogens with one attached hydrogen (secondary N) is 1. The minimum atomic E-state index is 0.770. The normalized spacial score (nSPS) is 32.8. The molecule has 2 rings (SSSR count). The summed E-state index contributed by atoms with van der Waals surface area (Å²) in [6.45, 7) is 3.16. The van der Waals surface area contributed by atoms with Gasteiger partial charge in [0.15, 0.2) is 0 Å². The van der Waals surface area contributed by atoms with Crippen molar-refractivity contribution in [3.8, 4) is 0 Å². The van der Waals surface area contributed by atoms with Crippen molar-refractivity contribution < 1.29 is 4.74 Å². The van der Waals surface area contributed by atoms with Gasteiger partial charge >= 0.3 is 0 Å². The third-order valence-corrected chi connectivity index (χ3v) is 5.18. The zero-order valence-electron chi connectivity index (χ0n) is 10.4. The molecule has 2 fully saturated rings. The van der Waals surface area contributed by atoms with E-state index in [1.807, 2.05) is 0 Å². The van der Waals surface area contributed by atoms with Crippen molar-refractivity contribution in [2.75, 3.05) is 26.0 Å². The van der Waals surface area contributed by atoms with Gasteiger partial charge in [-0.25, -0.2) is 0 Å². The Morgan fingerprint density at radius 2 is 1.88 bits per heavy atom. The van der Waals surface area contributed by atoms with Crippen LogP contribution in [0.2, 0.25) is 0 Å². The van der Waals surface area contributed by atoms with Gasteiger partial charge in [-0.1, -0.05) is 12.8 Å². The summed E-state index contributed by atoms with van der Waals surface area (Å²) >= 11 is 2.05. The number of rotatable bonds is 4. The molecule has 0 spiro atoms. The summed E-state index contributed by atoms with van der Waals surface area (Å²) < 4.78 is 5.40. The SMILES string of the molecule is CSC1CCCCC1NCC1CCOCC1. The largest absolute Gasteiger partial charge is 0.381 e. The van der Waals surface area contributed by atoms with E-state index in [0.717, 1.165) is 30.4 Å². The molecule has 1 aliphatic carbocycles. The van der Waals surface area contributed by atoms with Crippen LogP contribution >= 0.6 is 11.8 Å². The van der Waals surface area contributed by atoms with Crippen LogP contribution in [0.15, 0.2) is 0 Å². The molecule has 94 valence electrons. The van der Waals surface area contributed by atoms with E-state index in [2.05, 4.69) is 23.3 Å². The summed E-state index contributed by atoms with van der Waals surface area (Å²) in [5.41, 5.74) is 0. The maximum absolute atomic E-state index is 5.40. The molecule has 1 aliphatic heterocycles. The zero-order chi connectivity index (χ0) is 11.2. The third-order valence-electron chi connectivity index (χ3n) is 4.01. The third kappa shape index (κ3) is 3.64. The lowest BCUT2D eigenvalue weighted by Crippen LogP contribution is -2.43. The van der Waals surface area contributed by atoms with Gasteiger partial charge in [0, 0.05) is 24.5 Å². The molecule has 0 amide bonds. The molecule has 1 heterocycles. The summed E-state index contributed by atoms with van der Waals surface area (Å²) in [7, 11) is 0. The average molecular weight is 243 g/mol. The number of thioether (sulfide) groups is 1. The quantitative estimate of drug-likeness (QED) is 0.820. The Bertz CT molecular complexity index is 194. The Morgan fingerprint density at radius 1 is 1.12 bits per heavy atom. The zero-order valence-corrected chi connectivity index (χ0v) is 11.2. The Balaban J connectivity index is 1.70. The minimum Gasteiger partial charge on any atom is -0.381 e. The van der Waals surface area contributed by atoms with Gasteiger partial charge in [-0.05, 0) is 44.4 Å². The molecule has 1 N–H and O–H groups in total. The Kier molecular flexibility index (Phi) is 5.46. The fraction of sp³-hybridized carbons (Fsp3) is 1.00. The molecule has 2 aliphatic rings. The lowest BCUT2D eigenvalue weighted by atomic mass is 9.93. The van der Waals surface area contributed by atoms with Crippen LogP contribution in [0.1, 0.15) is 38.5 Å². The molecule has 3 heteroatoms. The highest BCUT2D eigenvalue weighted by Gasteiger charge is 2.24. The van der Waals surface area contributed by atoms with E-state index in [4.69, 9.17) is 4.74 Å². The van der Waals surface area contributed by atoms with Crippen molar-refractivity contribution in [2.24, 2.45) is 5.92 Å². The summed E-state index contributed by atoms with van der Waals surface area (Å²) in [5, 5.41) is 4.67. The fourth-order valence-corrected chi connectivity index (χ4v) is 3.84. The van der Waals surface area contributed by atoms with Crippen molar-refractivity contribution in [2.45, 2.75) is 49.8 Å². The molecule has 2 atom stereocenters. The smallest absolute Gasteiger partial charge is 0.0469 e. The van der Waals surface area contributed by atoms with Crippen LogP contribution in [0.25, 0.3) is 0 Å². The van der Waals surface area contributed by atoms with Crippen molar-refractivity contribution in [3.63, 3.8) is 0 Å². The molecule has 0 radical (unpaired) electrons. The minimum absolute atomic E-state index is 0.770. The van der Waals surface area contributed by atoms with Crippen molar-refractivity contribution >= 4 is 11.8 Å². The summed E-state index contributed by atoms with van der Waals surface area (Å²) in [6.07, 6.45) is 10.4. The molecule has 0 bridgehead atoms. The van der Waals surface area contributed by atoms with Crippen LogP contribution in [-0.4, -0.2) is 37.3 Å². The van der Waals surface area contributed by atoms with Gasteiger partial charge in [0.05, 0.1) is 0 Å². The van der Waals surface area contributed by atoms with E-state index in [0.29, 0.717) is 0 Å². The number of ether oxygens (including phenoxy) is 1. The highest BCUT2D eigenvalue weighted by atomic mass is 32.2. The van der Waals surface area contributed by atoms with Gasteiger partial charge in [0.2, 0.25) is 0 Å². The second-order valence-corrected chi connectivity index (χ2v) is 6.21. The van der Waals surface area contributed by atoms with Crippen LogP contribution < -0.4 is 5.32 Å². The van der Waals surface area contributed by atoms with Crippen LogP contribution in [-0.2, 0) is 4.74 Å². The van der Waals surface area contributed by atoms with Gasteiger partial charge in [0.1, 0.15) is 0 Å². The van der Waals surface area contributed by atoms with E-state index in [1.54, 1.807) is 0 Å². The standard InChI is InChI=1S/C13H25NOS/c1-16-13-5-3-2-4-12(13)14-10-11-6-8-15-9-7-11/h11-14H,2-10H2,1H3. The fourth-order valence-electron chi connectivity index (χ4n) is 2.88. The Morgan fingerprint density at radius 3 is 2.62 bits per heavy atom. The molecule has 2 nitrogen and oxygen atoms in total. The Labute approximate surface area is 104 Å². The molecule has 0 aromatic carbocycles. The van der Waals surface area contributed by atoms with Crippen LogP contribution in [0.5, 0.6) is 0 Å². The molecule has 1 saturated carbocycles. The first-order valence-electron chi connectivity index (χ1n) is 6.74. The Hall–Kier alpha value is 0.270. The van der Waals surface area contributed by atoms with E-state index in [9.17, 15) is 0 Å². The van der Waals surface area contributed by atoms with E-state index in [1.165, 1.54) is 45.1 Å². The highest BCUT2D eigenvalue weighted by molar-refractivity contribution is 7.99. The predicted molar refractivity (Wildman–Crippen MR) is 71.1 cm³/mol. The molecule has 0 aromatic heterocycles. The first-order valence-corrected chi connectivity index (χ1v) is 8.03. The van der Waals surface area contributed by atoms with E-state index >= 15 is 0 Å². The topological polar surface area (TPSA) is 21.3 Å². The first kappa shape index (κ1) is 12.7. The van der Waals surface area contributed by atoms with Gasteiger partial charge in [-0.15, -0.1) is 0 Å². The molecular weight excluding hydrogens is 218 g/mol. The number of hydrogen-bond donors (Lipinski definition) is 1. The lowest BCUT2D eigenvalue weighted by molar-refractivity contribution is 0.0651. The van der Waals surface area contributed by atoms with Gasteiger partial charge < -0.3 is 10.1 Å². The molecule has 0 aromatic rings. The molecule has 16 heavy (non-hydrogen) atoms. The van der Waals surface area contributed by atoms with E-state index in [-0.39, 0.29) is 0 Å². The monoisotopic (exact) mass is 243 g/mol. The summed E-state index contributed by atoms with van der Waals surface area (Å²) in [6, 6.07) is 0.770. The van der Waals surface area contributed by atoms with E-state index < -0.39 is 0 Å². The summed E-state index contributed by atoms with van der Waals surface area (Å²) in [5.74, 6) is 0.859. The first-order chi connectivity index (χ1) is 7.90. The highest BCUT2D eigenvalue weighted by Crippen LogP contribution is 2.27. The maximum atomic E-state index is 5.40. The number of hydrogen-bond acceptors (Lipinski definition) is 3. The second kappa shape index (κ2) is 6.87. The average Bonchev–Trinajstić information content (AvgIpc) is 2.38.